The van der Waals surface area contributed by atoms with E-state index in [1.54, 1.807) is 0 Å². The molecule has 0 saturated heterocycles. The average Bonchev–Trinajstić information content (AvgIpc) is 3.75. The van der Waals surface area contributed by atoms with E-state index in [1.807, 2.05) is 21.1 Å². The van der Waals surface area contributed by atoms with Gasteiger partial charge in [0.15, 0.2) is 12.4 Å². The molecule has 0 rings (SSSR count). The molecule has 9 heteroatoms. The molecule has 0 radical (unpaired) electrons. The van der Waals surface area contributed by atoms with Gasteiger partial charge in [-0.05, 0) is 96.3 Å². The largest absolute Gasteiger partial charge is 0.545 e. The van der Waals surface area contributed by atoms with Gasteiger partial charge in [-0.3, -0.25) is 9.59 Å². The highest BCUT2D eigenvalue weighted by atomic mass is 16.7. The lowest BCUT2D eigenvalue weighted by molar-refractivity contribution is -0.870. The molecule has 95 heavy (non-hydrogen) atoms. The number of esters is 2. The number of unbranched alkanes of at least 4 members (excludes halogenated alkanes) is 41. The van der Waals surface area contributed by atoms with Crippen LogP contribution in [0.1, 0.15) is 361 Å². The number of likely N-dealkylation sites (N-methyl/N-ethyl adjacent to an activating group) is 1. The SMILES string of the molecule is CC/C=C\C/C=C\C/C=C\C/C=C\C/C=C\CCCCCCCCCCCCCCCCCCCCCCCC(=O)OC(COC(=O)CCCCCCCCCCCCCCCCCCCCCC/C=C\C/C=C\C/C=C\C/C=C\CC)COC(OCC[N+](C)(C)C)C(=O)[O-]. The van der Waals surface area contributed by atoms with E-state index in [0.29, 0.717) is 23.9 Å². The first-order valence-electron chi connectivity index (χ1n) is 40.0. The lowest BCUT2D eigenvalue weighted by atomic mass is 10.0. The van der Waals surface area contributed by atoms with Crippen molar-refractivity contribution in [2.24, 2.45) is 0 Å². The molecule has 0 aliphatic carbocycles. The molecule has 0 spiro atoms. The summed E-state index contributed by atoms with van der Waals surface area (Å²) in [4.78, 5) is 37.6. The van der Waals surface area contributed by atoms with E-state index in [4.69, 9.17) is 18.9 Å². The quantitative estimate of drug-likeness (QED) is 0.0195. The van der Waals surface area contributed by atoms with Crippen molar-refractivity contribution in [3.63, 3.8) is 0 Å². The Balaban J connectivity index is 3.99. The van der Waals surface area contributed by atoms with Crippen molar-refractivity contribution in [2.75, 3.05) is 47.5 Å². The highest BCUT2D eigenvalue weighted by Gasteiger charge is 2.22. The van der Waals surface area contributed by atoms with Crippen LogP contribution in [-0.2, 0) is 33.3 Å². The van der Waals surface area contributed by atoms with Crippen LogP contribution < -0.4 is 5.11 Å². The molecular weight excluding hydrogens is 1170 g/mol. The third-order valence-electron chi connectivity index (χ3n) is 17.5. The predicted octanol–water partition coefficient (Wildman–Crippen LogP) is 24.4. The average molecular weight is 1330 g/mol. The van der Waals surface area contributed by atoms with Gasteiger partial charge >= 0.3 is 11.9 Å². The Morgan fingerprint density at radius 3 is 0.842 bits per heavy atom. The summed E-state index contributed by atoms with van der Waals surface area (Å²) in [5.74, 6) is -2.26. The van der Waals surface area contributed by atoms with Crippen molar-refractivity contribution in [2.45, 2.75) is 373 Å². The number of carboxylic acid groups (broad SMARTS) is 1. The van der Waals surface area contributed by atoms with Crippen LogP contribution in [0.5, 0.6) is 0 Å². The fraction of sp³-hybridized carbons (Fsp3) is 0.756. The lowest BCUT2D eigenvalue weighted by Gasteiger charge is -2.26. The van der Waals surface area contributed by atoms with Gasteiger partial charge in [0.25, 0.3) is 0 Å². The van der Waals surface area contributed by atoms with Gasteiger partial charge in [-0.15, -0.1) is 0 Å². The van der Waals surface area contributed by atoms with Gasteiger partial charge < -0.3 is 33.3 Å². The first-order chi connectivity index (χ1) is 46.6. The zero-order chi connectivity index (χ0) is 69.0. The van der Waals surface area contributed by atoms with Gasteiger partial charge in [0, 0.05) is 12.8 Å². The van der Waals surface area contributed by atoms with E-state index in [0.717, 1.165) is 89.9 Å². The maximum atomic E-state index is 13.0. The van der Waals surface area contributed by atoms with Crippen LogP contribution in [-0.4, -0.2) is 82.3 Å². The molecule has 0 aliphatic heterocycles. The van der Waals surface area contributed by atoms with Crippen LogP contribution in [0.4, 0.5) is 0 Å². The van der Waals surface area contributed by atoms with Crippen molar-refractivity contribution < 1.29 is 42.9 Å². The van der Waals surface area contributed by atoms with E-state index >= 15 is 0 Å². The number of rotatable bonds is 74. The fourth-order valence-electron chi connectivity index (χ4n) is 11.5. The number of carbonyl (C=O) groups excluding carboxylic acids is 3. The van der Waals surface area contributed by atoms with Crippen LogP contribution in [0, 0.1) is 0 Å². The lowest BCUT2D eigenvalue weighted by Crippen LogP contribution is -2.44. The van der Waals surface area contributed by atoms with Crippen molar-refractivity contribution in [3.05, 3.63) is 109 Å². The monoisotopic (exact) mass is 1330 g/mol. The maximum Gasteiger partial charge on any atom is 0.306 e. The topological polar surface area (TPSA) is 111 Å². The molecule has 0 saturated carbocycles. The Kier molecular flexibility index (Phi) is 72.5. The summed E-state index contributed by atoms with van der Waals surface area (Å²) in [7, 11) is 5.95. The summed E-state index contributed by atoms with van der Waals surface area (Å²) < 4.78 is 22.9. The molecule has 0 aromatic rings. The Labute approximate surface area is 587 Å². The minimum Gasteiger partial charge on any atom is -0.545 e. The zero-order valence-corrected chi connectivity index (χ0v) is 62.8. The molecular formula is C86H151NO8. The van der Waals surface area contributed by atoms with Crippen LogP contribution >= 0.6 is 0 Å². The number of hydrogen-bond acceptors (Lipinski definition) is 8. The van der Waals surface area contributed by atoms with Crippen LogP contribution in [0.3, 0.4) is 0 Å². The second-order valence-corrected chi connectivity index (χ2v) is 27.9. The van der Waals surface area contributed by atoms with Gasteiger partial charge in [0.2, 0.25) is 0 Å². The molecule has 0 aromatic carbocycles. The summed E-state index contributed by atoms with van der Waals surface area (Å²) in [6, 6.07) is 0. The number of nitrogens with zero attached hydrogens (tertiary/aromatic N) is 1. The van der Waals surface area contributed by atoms with Crippen molar-refractivity contribution >= 4 is 17.9 Å². The third-order valence-corrected chi connectivity index (χ3v) is 17.5. The molecule has 2 atom stereocenters. The molecule has 0 heterocycles. The van der Waals surface area contributed by atoms with Crippen LogP contribution in [0.2, 0.25) is 0 Å². The highest BCUT2D eigenvalue weighted by Crippen LogP contribution is 2.19. The van der Waals surface area contributed by atoms with Gasteiger partial charge in [0.05, 0.1) is 40.3 Å². The highest BCUT2D eigenvalue weighted by molar-refractivity contribution is 5.70. The number of hydrogen-bond donors (Lipinski definition) is 0. The van der Waals surface area contributed by atoms with Crippen molar-refractivity contribution in [3.8, 4) is 0 Å². The molecule has 0 aromatic heterocycles. The predicted molar refractivity (Wildman–Crippen MR) is 407 cm³/mol. The minimum atomic E-state index is -1.62. The van der Waals surface area contributed by atoms with Gasteiger partial charge in [0.1, 0.15) is 13.2 Å². The summed E-state index contributed by atoms with van der Waals surface area (Å²) in [5.41, 5.74) is 0. The number of aliphatic carboxylic acids is 1. The standard InChI is InChI=1S/C86H151NO8/c1-6-8-10-12-14-16-18-20-22-24-26-28-30-32-34-36-38-40-41-42-43-45-47-49-51-53-55-57-59-61-63-65-67-69-71-73-75-77-84(89)95-82(81-94-86(85(90)91)92-79-78-87(3,4)5)80-93-83(88)76-74-72-70-68-66-64-62-60-58-56-54-52-50-48-46-44-39-37-35-33-31-29-27-25-23-21-19-17-15-13-11-9-7-2/h8-11,14-17,20-23,26-29,32,34,82,86H,6-7,12-13,18-19,24-25,30-31,33,35-81H2,1-5H3/b10-8-,11-9-,16-14-,17-15-,22-20-,23-21-,28-26-,29-27-,34-32-. The minimum absolute atomic E-state index is 0.147. The zero-order valence-electron chi connectivity index (χ0n) is 62.8. The fourth-order valence-corrected chi connectivity index (χ4v) is 11.5. The summed E-state index contributed by atoms with van der Waals surface area (Å²) in [6.45, 7) is 4.57. The molecule has 0 amide bonds. The summed E-state index contributed by atoms with van der Waals surface area (Å²) in [5, 5.41) is 11.9. The Bertz CT molecular complexity index is 1930. The molecule has 0 bridgehead atoms. The second kappa shape index (κ2) is 75.7. The van der Waals surface area contributed by atoms with Crippen LogP contribution in [0.25, 0.3) is 0 Å². The van der Waals surface area contributed by atoms with E-state index in [2.05, 4.69) is 123 Å². The van der Waals surface area contributed by atoms with Crippen LogP contribution in [0.15, 0.2) is 109 Å². The number of ether oxygens (including phenoxy) is 4. The van der Waals surface area contributed by atoms with E-state index in [-0.39, 0.29) is 32.2 Å². The number of allylic oxidation sites excluding steroid dienone is 18. The van der Waals surface area contributed by atoms with E-state index < -0.39 is 24.3 Å². The Hall–Kier alpha value is -4.05. The van der Waals surface area contributed by atoms with Crippen molar-refractivity contribution in [1.29, 1.82) is 0 Å². The number of quaternary nitrogens is 1. The van der Waals surface area contributed by atoms with Gasteiger partial charge in [-0.1, -0.05) is 361 Å². The molecule has 0 fully saturated rings. The number of carboxylic acids is 1. The van der Waals surface area contributed by atoms with Gasteiger partial charge in [-0.25, -0.2) is 0 Å². The van der Waals surface area contributed by atoms with E-state index in [9.17, 15) is 19.5 Å². The molecule has 0 aliphatic rings. The Morgan fingerprint density at radius 1 is 0.316 bits per heavy atom. The third kappa shape index (κ3) is 77.2. The summed E-state index contributed by atoms with van der Waals surface area (Å²) >= 11 is 0. The molecule has 9 nitrogen and oxygen atoms in total. The molecule has 0 N–H and O–H groups in total. The van der Waals surface area contributed by atoms with Crippen molar-refractivity contribution in [1.82, 2.24) is 0 Å². The smallest absolute Gasteiger partial charge is 0.306 e. The Morgan fingerprint density at radius 2 is 0.568 bits per heavy atom. The van der Waals surface area contributed by atoms with E-state index in [1.165, 1.54) is 238 Å². The number of carbonyl (C=O) groups is 3. The maximum absolute atomic E-state index is 13.0. The molecule has 2 unspecified atom stereocenters. The first-order valence-corrected chi connectivity index (χ1v) is 40.0. The second-order valence-electron chi connectivity index (χ2n) is 27.9. The molecule has 548 valence electrons. The first kappa shape index (κ1) is 91.0. The normalized spacial score (nSPS) is 13.2. The summed E-state index contributed by atoms with van der Waals surface area (Å²) in [6.07, 6.45) is 104. The van der Waals surface area contributed by atoms with Gasteiger partial charge in [-0.2, -0.15) is 0 Å².